The molecule has 0 aliphatic heterocycles. The first-order chi connectivity index (χ1) is 10.4. The van der Waals surface area contributed by atoms with Crippen LogP contribution >= 0.6 is 0 Å². The molecule has 3 aromatic rings. The van der Waals surface area contributed by atoms with Crippen LogP contribution in [0.25, 0.3) is 11.0 Å². The summed E-state index contributed by atoms with van der Waals surface area (Å²) in [4.78, 5) is 12.9. The van der Waals surface area contributed by atoms with Gasteiger partial charge in [0.1, 0.15) is 0 Å². The van der Waals surface area contributed by atoms with Crippen molar-refractivity contribution < 1.29 is 0 Å². The van der Waals surface area contributed by atoms with E-state index >= 15 is 0 Å². The molecule has 0 amide bonds. The second kappa shape index (κ2) is 6.41. The van der Waals surface area contributed by atoms with Crippen LogP contribution in [0.2, 0.25) is 0 Å². The van der Waals surface area contributed by atoms with E-state index in [0.29, 0.717) is 0 Å². The van der Waals surface area contributed by atoms with Crippen LogP contribution in [0.3, 0.4) is 0 Å². The van der Waals surface area contributed by atoms with Crippen molar-refractivity contribution in [3.05, 3.63) is 66.2 Å². The van der Waals surface area contributed by atoms with Crippen molar-refractivity contribution in [3.63, 3.8) is 0 Å². The Balaban J connectivity index is 2.01. The Morgan fingerprint density at radius 3 is 2.62 bits per heavy atom. The highest BCUT2D eigenvalue weighted by Gasteiger charge is 2.14. The number of rotatable bonds is 5. The van der Waals surface area contributed by atoms with E-state index in [4.69, 9.17) is 0 Å². The van der Waals surface area contributed by atoms with Crippen molar-refractivity contribution in [2.45, 2.75) is 19.4 Å². The molecule has 0 bridgehead atoms. The maximum Gasteiger partial charge on any atom is 0.0890 e. The van der Waals surface area contributed by atoms with Gasteiger partial charge >= 0.3 is 0 Å². The summed E-state index contributed by atoms with van der Waals surface area (Å²) >= 11 is 0. The number of pyridine rings is 1. The number of benzene rings is 1. The second-order valence-electron chi connectivity index (χ2n) is 4.98. The smallest absolute Gasteiger partial charge is 0.0890 e. The number of hydrogen-bond donors (Lipinski definition) is 1. The largest absolute Gasteiger partial charge is 0.306 e. The average molecular weight is 278 g/mol. The molecule has 0 aliphatic rings. The van der Waals surface area contributed by atoms with Gasteiger partial charge in [0, 0.05) is 24.8 Å². The quantitative estimate of drug-likeness (QED) is 0.779. The fourth-order valence-electron chi connectivity index (χ4n) is 2.42. The van der Waals surface area contributed by atoms with Crippen molar-refractivity contribution in [1.82, 2.24) is 20.3 Å². The third-order valence-electron chi connectivity index (χ3n) is 3.44. The third-order valence-corrected chi connectivity index (χ3v) is 3.44. The Bertz CT molecular complexity index is 712. The van der Waals surface area contributed by atoms with Crippen LogP contribution in [0, 0.1) is 0 Å². The van der Waals surface area contributed by atoms with Gasteiger partial charge in [-0.1, -0.05) is 19.1 Å². The summed E-state index contributed by atoms with van der Waals surface area (Å²) in [5.74, 6) is 0. The van der Waals surface area contributed by atoms with E-state index < -0.39 is 0 Å². The predicted octanol–water partition coefficient (Wildman–Crippen LogP) is 3.11. The van der Waals surface area contributed by atoms with E-state index in [1.165, 1.54) is 5.56 Å². The van der Waals surface area contributed by atoms with Gasteiger partial charge in [0.25, 0.3) is 0 Å². The molecule has 106 valence electrons. The Hall–Kier alpha value is -2.33. The van der Waals surface area contributed by atoms with Gasteiger partial charge in [-0.15, -0.1) is 0 Å². The molecule has 21 heavy (non-hydrogen) atoms. The Kier molecular flexibility index (Phi) is 4.17. The Morgan fingerprint density at radius 1 is 1.00 bits per heavy atom. The standard InChI is InChI=1S/C17H18N4/c1-2-7-21-17(14-4-3-8-18-12-14)13-5-6-15-16(11-13)20-10-9-19-15/h3-6,8-12,17,21H,2,7H2,1H3. The molecule has 0 saturated carbocycles. The maximum absolute atomic E-state index is 4.39. The zero-order chi connectivity index (χ0) is 14.5. The van der Waals surface area contributed by atoms with E-state index in [1.54, 1.807) is 18.6 Å². The van der Waals surface area contributed by atoms with Gasteiger partial charge in [-0.2, -0.15) is 0 Å². The zero-order valence-electron chi connectivity index (χ0n) is 12.0. The van der Waals surface area contributed by atoms with Crippen molar-refractivity contribution in [1.29, 1.82) is 0 Å². The average Bonchev–Trinajstić information content (AvgIpc) is 2.56. The van der Waals surface area contributed by atoms with Crippen molar-refractivity contribution in [2.24, 2.45) is 0 Å². The molecule has 4 nitrogen and oxygen atoms in total. The van der Waals surface area contributed by atoms with E-state index in [2.05, 4.69) is 45.4 Å². The summed E-state index contributed by atoms with van der Waals surface area (Å²) in [5.41, 5.74) is 4.18. The fraction of sp³-hybridized carbons (Fsp3) is 0.235. The van der Waals surface area contributed by atoms with Gasteiger partial charge in [-0.3, -0.25) is 15.0 Å². The lowest BCUT2D eigenvalue weighted by Crippen LogP contribution is -2.23. The summed E-state index contributed by atoms with van der Waals surface area (Å²) in [6.45, 7) is 3.12. The summed E-state index contributed by atoms with van der Waals surface area (Å²) in [6.07, 6.45) is 8.24. The zero-order valence-corrected chi connectivity index (χ0v) is 12.0. The van der Waals surface area contributed by atoms with E-state index in [0.717, 1.165) is 29.6 Å². The molecule has 0 fully saturated rings. The molecule has 4 heteroatoms. The van der Waals surface area contributed by atoms with Crippen molar-refractivity contribution in [2.75, 3.05) is 6.54 Å². The SMILES string of the molecule is CCCNC(c1cccnc1)c1ccc2nccnc2c1. The van der Waals surface area contributed by atoms with Crippen LogP contribution in [-0.4, -0.2) is 21.5 Å². The molecule has 1 N–H and O–H groups in total. The lowest BCUT2D eigenvalue weighted by atomic mass is 9.99. The highest BCUT2D eigenvalue weighted by atomic mass is 14.9. The molecule has 3 rings (SSSR count). The first-order valence-electron chi connectivity index (χ1n) is 7.22. The molecule has 0 radical (unpaired) electrons. The maximum atomic E-state index is 4.39. The molecule has 1 aromatic carbocycles. The number of aromatic nitrogens is 3. The molecule has 0 saturated heterocycles. The molecule has 0 aliphatic carbocycles. The molecular weight excluding hydrogens is 260 g/mol. The Morgan fingerprint density at radius 2 is 1.86 bits per heavy atom. The Labute approximate surface area is 124 Å². The minimum absolute atomic E-state index is 0.130. The summed E-state index contributed by atoms with van der Waals surface area (Å²) in [6, 6.07) is 10.4. The van der Waals surface area contributed by atoms with E-state index in [9.17, 15) is 0 Å². The van der Waals surface area contributed by atoms with E-state index in [-0.39, 0.29) is 6.04 Å². The lowest BCUT2D eigenvalue weighted by molar-refractivity contribution is 0.597. The van der Waals surface area contributed by atoms with Crippen molar-refractivity contribution >= 4 is 11.0 Å². The van der Waals surface area contributed by atoms with Gasteiger partial charge in [-0.05, 0) is 42.3 Å². The van der Waals surface area contributed by atoms with Crippen molar-refractivity contribution in [3.8, 4) is 0 Å². The van der Waals surface area contributed by atoms with Crippen LogP contribution in [0.5, 0.6) is 0 Å². The van der Waals surface area contributed by atoms with Crippen LogP contribution in [-0.2, 0) is 0 Å². The highest BCUT2D eigenvalue weighted by Crippen LogP contribution is 2.23. The van der Waals surface area contributed by atoms with Gasteiger partial charge in [0.05, 0.1) is 17.1 Å². The normalized spacial score (nSPS) is 12.4. The molecule has 2 heterocycles. The molecule has 2 aromatic heterocycles. The topological polar surface area (TPSA) is 50.7 Å². The summed E-state index contributed by atoms with van der Waals surface area (Å²) in [7, 11) is 0. The molecule has 0 spiro atoms. The lowest BCUT2D eigenvalue weighted by Gasteiger charge is -2.19. The van der Waals surface area contributed by atoms with Gasteiger partial charge in [0.15, 0.2) is 0 Å². The predicted molar refractivity (Wildman–Crippen MR) is 83.9 cm³/mol. The van der Waals surface area contributed by atoms with Crippen LogP contribution < -0.4 is 5.32 Å². The highest BCUT2D eigenvalue weighted by molar-refractivity contribution is 5.74. The van der Waals surface area contributed by atoms with Crippen LogP contribution in [0.15, 0.2) is 55.1 Å². The number of nitrogens with one attached hydrogen (secondary N) is 1. The fourth-order valence-corrected chi connectivity index (χ4v) is 2.42. The number of hydrogen-bond acceptors (Lipinski definition) is 4. The molecule has 1 atom stereocenters. The van der Waals surface area contributed by atoms with Crippen LogP contribution in [0.1, 0.15) is 30.5 Å². The molecular formula is C17H18N4. The molecule has 1 unspecified atom stereocenters. The van der Waals surface area contributed by atoms with Gasteiger partial charge in [-0.25, -0.2) is 0 Å². The van der Waals surface area contributed by atoms with Gasteiger partial charge < -0.3 is 5.32 Å². The first-order valence-corrected chi connectivity index (χ1v) is 7.22. The monoisotopic (exact) mass is 278 g/mol. The third kappa shape index (κ3) is 3.06. The minimum Gasteiger partial charge on any atom is -0.306 e. The summed E-state index contributed by atoms with van der Waals surface area (Å²) < 4.78 is 0. The van der Waals surface area contributed by atoms with E-state index in [1.807, 2.05) is 18.3 Å². The first kappa shape index (κ1) is 13.6. The van der Waals surface area contributed by atoms with Gasteiger partial charge in [0.2, 0.25) is 0 Å². The minimum atomic E-state index is 0.130. The number of fused-ring (bicyclic) bond motifs is 1. The number of nitrogens with zero attached hydrogens (tertiary/aromatic N) is 3. The summed E-state index contributed by atoms with van der Waals surface area (Å²) in [5, 5.41) is 3.58. The van der Waals surface area contributed by atoms with Crippen LogP contribution in [0.4, 0.5) is 0 Å². The second-order valence-corrected chi connectivity index (χ2v) is 4.98.